The minimum absolute atomic E-state index is 0.0874. The van der Waals surface area contributed by atoms with Crippen molar-refractivity contribution in [1.82, 2.24) is 4.98 Å². The number of nitrogens with one attached hydrogen (secondary N) is 2. The fourth-order valence-corrected chi connectivity index (χ4v) is 2.20. The van der Waals surface area contributed by atoms with Gasteiger partial charge < -0.3 is 10.3 Å². The van der Waals surface area contributed by atoms with Gasteiger partial charge in [0, 0.05) is 27.5 Å². The Morgan fingerprint density at radius 3 is 2.41 bits per heavy atom. The van der Waals surface area contributed by atoms with E-state index in [2.05, 4.69) is 4.98 Å². The molecular formula is C15H9F3N2O2. The SMILES string of the molecule is O=C(Nc1ccc2[nH]c3ccccc3c(=O)c2c1)C(F)(F)F. The van der Waals surface area contributed by atoms with Crippen molar-refractivity contribution in [2.75, 3.05) is 5.32 Å². The van der Waals surface area contributed by atoms with Crippen LogP contribution in [-0.4, -0.2) is 17.1 Å². The Morgan fingerprint density at radius 1 is 1.00 bits per heavy atom. The first kappa shape index (κ1) is 14.1. The first-order chi connectivity index (χ1) is 10.4. The summed E-state index contributed by atoms with van der Waals surface area (Å²) in [5.41, 5.74) is 0.712. The van der Waals surface area contributed by atoms with Gasteiger partial charge in [0.1, 0.15) is 0 Å². The lowest BCUT2D eigenvalue weighted by molar-refractivity contribution is -0.167. The Balaban J connectivity index is 2.14. The van der Waals surface area contributed by atoms with Crippen LogP contribution >= 0.6 is 0 Å². The number of amides is 1. The van der Waals surface area contributed by atoms with Gasteiger partial charge in [-0.25, -0.2) is 0 Å². The highest BCUT2D eigenvalue weighted by molar-refractivity contribution is 5.98. The van der Waals surface area contributed by atoms with Crippen molar-refractivity contribution in [2.24, 2.45) is 0 Å². The number of rotatable bonds is 1. The molecule has 0 aliphatic carbocycles. The van der Waals surface area contributed by atoms with E-state index in [1.54, 1.807) is 29.6 Å². The summed E-state index contributed by atoms with van der Waals surface area (Å²) < 4.78 is 36.8. The molecular weight excluding hydrogens is 297 g/mol. The highest BCUT2D eigenvalue weighted by Gasteiger charge is 2.38. The molecule has 7 heteroatoms. The molecule has 22 heavy (non-hydrogen) atoms. The molecule has 1 aromatic heterocycles. The van der Waals surface area contributed by atoms with Crippen LogP contribution in [0.2, 0.25) is 0 Å². The second-order valence-electron chi connectivity index (χ2n) is 4.71. The number of hydrogen-bond donors (Lipinski definition) is 2. The zero-order chi connectivity index (χ0) is 15.9. The number of benzene rings is 2. The molecule has 0 bridgehead atoms. The maximum atomic E-state index is 12.4. The number of halogens is 3. The molecule has 4 nitrogen and oxygen atoms in total. The summed E-state index contributed by atoms with van der Waals surface area (Å²) in [6.07, 6.45) is -4.98. The predicted molar refractivity (Wildman–Crippen MR) is 76.8 cm³/mol. The Bertz CT molecular complexity index is 945. The maximum absolute atomic E-state index is 12.4. The molecule has 3 aromatic rings. The fraction of sp³-hybridized carbons (Fsp3) is 0.0667. The van der Waals surface area contributed by atoms with Gasteiger partial charge in [-0.05, 0) is 30.3 Å². The van der Waals surface area contributed by atoms with E-state index in [1.807, 2.05) is 0 Å². The molecule has 0 atom stereocenters. The molecule has 2 N–H and O–H groups in total. The number of fused-ring (bicyclic) bond motifs is 2. The van der Waals surface area contributed by atoms with Crippen molar-refractivity contribution < 1.29 is 18.0 Å². The van der Waals surface area contributed by atoms with E-state index in [4.69, 9.17) is 0 Å². The van der Waals surface area contributed by atoms with E-state index in [1.165, 1.54) is 18.2 Å². The number of alkyl halides is 3. The van der Waals surface area contributed by atoms with Crippen LogP contribution in [0, 0.1) is 0 Å². The number of carbonyl (C=O) groups is 1. The van der Waals surface area contributed by atoms with Crippen LogP contribution < -0.4 is 10.7 Å². The number of hydrogen-bond acceptors (Lipinski definition) is 2. The first-order valence-corrected chi connectivity index (χ1v) is 6.29. The highest BCUT2D eigenvalue weighted by Crippen LogP contribution is 2.21. The molecule has 0 saturated carbocycles. The van der Waals surface area contributed by atoms with Gasteiger partial charge in [0.25, 0.3) is 0 Å². The molecule has 0 spiro atoms. The summed E-state index contributed by atoms with van der Waals surface area (Å²) in [7, 11) is 0. The van der Waals surface area contributed by atoms with Gasteiger partial charge in [-0.2, -0.15) is 13.2 Å². The van der Waals surface area contributed by atoms with E-state index in [9.17, 15) is 22.8 Å². The standard InChI is InChI=1S/C15H9F3N2O2/c16-15(17,18)14(22)19-8-5-6-12-10(7-8)13(21)9-3-1-2-4-11(9)20-12/h1-7H,(H,19,22)(H,20,21). The smallest absolute Gasteiger partial charge is 0.354 e. The van der Waals surface area contributed by atoms with Crippen LogP contribution in [0.1, 0.15) is 0 Å². The Kier molecular flexibility index (Phi) is 3.13. The van der Waals surface area contributed by atoms with E-state index in [-0.39, 0.29) is 16.5 Å². The van der Waals surface area contributed by atoms with Gasteiger partial charge in [-0.1, -0.05) is 12.1 Å². The molecule has 0 aliphatic heterocycles. The van der Waals surface area contributed by atoms with E-state index in [0.29, 0.717) is 16.4 Å². The molecule has 0 aliphatic rings. The van der Waals surface area contributed by atoms with Crippen molar-refractivity contribution in [3.05, 3.63) is 52.7 Å². The van der Waals surface area contributed by atoms with Crippen molar-refractivity contribution in [3.8, 4) is 0 Å². The number of H-pyrrole nitrogens is 1. The fourth-order valence-electron chi connectivity index (χ4n) is 2.20. The average Bonchev–Trinajstić information content (AvgIpc) is 2.47. The van der Waals surface area contributed by atoms with Crippen molar-refractivity contribution in [1.29, 1.82) is 0 Å². The van der Waals surface area contributed by atoms with Crippen LogP contribution in [0.15, 0.2) is 47.3 Å². The Labute approximate surface area is 121 Å². The lowest BCUT2D eigenvalue weighted by Crippen LogP contribution is -2.29. The van der Waals surface area contributed by atoms with Crippen molar-refractivity contribution >= 4 is 33.4 Å². The number of anilines is 1. The molecule has 0 fully saturated rings. The van der Waals surface area contributed by atoms with Gasteiger partial charge in [-0.3, -0.25) is 9.59 Å². The van der Waals surface area contributed by atoms with Gasteiger partial charge in [0.2, 0.25) is 0 Å². The van der Waals surface area contributed by atoms with Gasteiger partial charge >= 0.3 is 12.1 Å². The molecule has 1 heterocycles. The normalized spacial score (nSPS) is 11.8. The molecule has 112 valence electrons. The minimum atomic E-state index is -4.98. The zero-order valence-electron chi connectivity index (χ0n) is 11.0. The Morgan fingerprint density at radius 2 is 1.68 bits per heavy atom. The van der Waals surface area contributed by atoms with E-state index >= 15 is 0 Å². The zero-order valence-corrected chi connectivity index (χ0v) is 11.0. The van der Waals surface area contributed by atoms with Crippen molar-refractivity contribution in [3.63, 3.8) is 0 Å². The van der Waals surface area contributed by atoms with Crippen molar-refractivity contribution in [2.45, 2.75) is 6.18 Å². The summed E-state index contributed by atoms with van der Waals surface area (Å²) in [5.74, 6) is -2.08. The van der Waals surface area contributed by atoms with Gasteiger partial charge in [0.15, 0.2) is 5.43 Å². The number of carbonyl (C=O) groups excluding carboxylic acids is 1. The summed E-state index contributed by atoms with van der Waals surface area (Å²) in [5, 5.41) is 2.36. The molecule has 0 unspecified atom stereocenters. The maximum Gasteiger partial charge on any atom is 0.471 e. The lowest BCUT2D eigenvalue weighted by atomic mass is 10.1. The first-order valence-electron chi connectivity index (χ1n) is 6.29. The summed E-state index contributed by atoms with van der Waals surface area (Å²) in [6.45, 7) is 0. The molecule has 2 aromatic carbocycles. The molecule has 3 rings (SSSR count). The van der Waals surface area contributed by atoms with Crippen LogP contribution in [0.5, 0.6) is 0 Å². The number of aromatic amines is 1. The molecule has 0 radical (unpaired) electrons. The number of pyridine rings is 1. The van der Waals surface area contributed by atoms with E-state index in [0.717, 1.165) is 0 Å². The topological polar surface area (TPSA) is 62.0 Å². The number of aromatic nitrogens is 1. The largest absolute Gasteiger partial charge is 0.471 e. The average molecular weight is 306 g/mol. The third-order valence-electron chi connectivity index (χ3n) is 3.22. The Hall–Kier alpha value is -2.83. The summed E-state index contributed by atoms with van der Waals surface area (Å²) >= 11 is 0. The van der Waals surface area contributed by atoms with Crippen LogP contribution in [-0.2, 0) is 4.79 Å². The third kappa shape index (κ3) is 2.41. The summed E-state index contributed by atoms with van der Waals surface area (Å²) in [4.78, 5) is 26.3. The van der Waals surface area contributed by atoms with E-state index < -0.39 is 12.1 Å². The molecule has 0 saturated heterocycles. The van der Waals surface area contributed by atoms with Gasteiger partial charge in [-0.15, -0.1) is 0 Å². The van der Waals surface area contributed by atoms with Crippen LogP contribution in [0.25, 0.3) is 21.8 Å². The lowest BCUT2D eigenvalue weighted by Gasteiger charge is -2.09. The summed E-state index contributed by atoms with van der Waals surface area (Å²) in [6, 6.07) is 10.8. The third-order valence-corrected chi connectivity index (χ3v) is 3.22. The second-order valence-corrected chi connectivity index (χ2v) is 4.71. The monoisotopic (exact) mass is 306 g/mol. The molecule has 1 amide bonds. The minimum Gasteiger partial charge on any atom is -0.354 e. The second kappa shape index (κ2) is 4.87. The highest BCUT2D eigenvalue weighted by atomic mass is 19.4. The number of para-hydroxylation sites is 1. The van der Waals surface area contributed by atoms with Crippen LogP contribution in [0.4, 0.5) is 18.9 Å². The van der Waals surface area contributed by atoms with Gasteiger partial charge in [0.05, 0.1) is 0 Å². The predicted octanol–water partition coefficient (Wildman–Crippen LogP) is 3.18. The van der Waals surface area contributed by atoms with Crippen LogP contribution in [0.3, 0.4) is 0 Å². The quantitative estimate of drug-likeness (QED) is 0.678.